The Labute approximate surface area is 167 Å². The Bertz CT molecular complexity index is 854. The molecule has 7 nitrogen and oxygen atoms in total. The lowest BCUT2D eigenvalue weighted by Crippen LogP contribution is -2.28. The molecule has 2 aromatic rings. The van der Waals surface area contributed by atoms with Crippen LogP contribution < -0.4 is 19.1 Å². The van der Waals surface area contributed by atoms with Gasteiger partial charge in [-0.3, -0.25) is 4.79 Å². The van der Waals surface area contributed by atoms with E-state index in [0.29, 0.717) is 29.5 Å². The summed E-state index contributed by atoms with van der Waals surface area (Å²) in [5.41, 5.74) is 1.06. The SMILES string of the molecule is COC(=O)COc1ccc(CN(C(C)=O)c2ccc3c(c2)OCC(Cl)O3)cc1. The fraction of sp³-hybridized carbons (Fsp3) is 0.300. The number of alkyl halides is 1. The molecule has 0 fully saturated rings. The summed E-state index contributed by atoms with van der Waals surface area (Å²) in [6, 6.07) is 12.4. The Hall–Kier alpha value is -2.93. The summed E-state index contributed by atoms with van der Waals surface area (Å²) in [5.74, 6) is 1.07. The number of methoxy groups -OCH3 is 1. The van der Waals surface area contributed by atoms with Gasteiger partial charge >= 0.3 is 5.97 Å². The number of fused-ring (bicyclic) bond motifs is 1. The van der Waals surface area contributed by atoms with Gasteiger partial charge in [0.1, 0.15) is 12.4 Å². The predicted molar refractivity (Wildman–Crippen MR) is 103 cm³/mol. The molecule has 1 aliphatic heterocycles. The lowest BCUT2D eigenvalue weighted by atomic mass is 10.1. The number of hydrogen-bond donors (Lipinski definition) is 0. The van der Waals surface area contributed by atoms with Crippen LogP contribution in [0.3, 0.4) is 0 Å². The van der Waals surface area contributed by atoms with Crippen LogP contribution >= 0.6 is 11.6 Å². The number of ether oxygens (including phenoxy) is 4. The van der Waals surface area contributed by atoms with E-state index in [-0.39, 0.29) is 19.1 Å². The molecular formula is C20H20ClNO6. The molecule has 1 amide bonds. The second-order valence-electron chi connectivity index (χ2n) is 6.08. The number of carbonyl (C=O) groups is 2. The largest absolute Gasteiger partial charge is 0.484 e. The Morgan fingerprint density at radius 2 is 1.93 bits per heavy atom. The van der Waals surface area contributed by atoms with Crippen LogP contribution in [0, 0.1) is 0 Å². The van der Waals surface area contributed by atoms with Crippen molar-refractivity contribution in [1.29, 1.82) is 0 Å². The first kappa shape index (κ1) is 19.8. The lowest BCUT2D eigenvalue weighted by molar-refractivity contribution is -0.142. The van der Waals surface area contributed by atoms with E-state index in [4.69, 9.17) is 25.8 Å². The molecule has 1 heterocycles. The summed E-state index contributed by atoms with van der Waals surface area (Å²) in [5, 5.41) is 0. The quantitative estimate of drug-likeness (QED) is 0.543. The first-order valence-corrected chi connectivity index (χ1v) is 9.04. The molecule has 0 N–H and O–H groups in total. The minimum Gasteiger partial charge on any atom is -0.484 e. The number of rotatable bonds is 6. The molecule has 0 bridgehead atoms. The Kier molecular flexibility index (Phi) is 6.26. The van der Waals surface area contributed by atoms with Gasteiger partial charge in [-0.1, -0.05) is 23.7 Å². The van der Waals surface area contributed by atoms with Crippen molar-refractivity contribution in [1.82, 2.24) is 0 Å². The molecule has 28 heavy (non-hydrogen) atoms. The summed E-state index contributed by atoms with van der Waals surface area (Å²) in [4.78, 5) is 25.0. The first-order chi connectivity index (χ1) is 13.5. The fourth-order valence-electron chi connectivity index (χ4n) is 2.66. The predicted octanol–water partition coefficient (Wildman–Crippen LogP) is 3.13. The molecule has 2 aromatic carbocycles. The molecule has 3 rings (SSSR count). The number of anilines is 1. The summed E-state index contributed by atoms with van der Waals surface area (Å²) in [6.45, 7) is 1.95. The number of carbonyl (C=O) groups excluding carboxylic acids is 2. The van der Waals surface area contributed by atoms with Crippen LogP contribution in [0.15, 0.2) is 42.5 Å². The van der Waals surface area contributed by atoms with E-state index in [9.17, 15) is 9.59 Å². The molecule has 0 saturated carbocycles. The molecule has 8 heteroatoms. The lowest BCUT2D eigenvalue weighted by Gasteiger charge is -2.26. The van der Waals surface area contributed by atoms with Gasteiger partial charge in [-0.05, 0) is 29.8 Å². The summed E-state index contributed by atoms with van der Waals surface area (Å²) < 4.78 is 20.9. The second kappa shape index (κ2) is 8.84. The second-order valence-corrected chi connectivity index (χ2v) is 6.57. The van der Waals surface area contributed by atoms with Gasteiger partial charge in [-0.25, -0.2) is 4.79 Å². The van der Waals surface area contributed by atoms with E-state index in [1.165, 1.54) is 14.0 Å². The molecule has 0 spiro atoms. The van der Waals surface area contributed by atoms with Crippen molar-refractivity contribution in [2.75, 3.05) is 25.2 Å². The van der Waals surface area contributed by atoms with Crippen LogP contribution in [-0.4, -0.2) is 37.8 Å². The van der Waals surface area contributed by atoms with E-state index < -0.39 is 11.5 Å². The van der Waals surface area contributed by atoms with E-state index in [2.05, 4.69) is 4.74 Å². The van der Waals surface area contributed by atoms with Gasteiger partial charge in [0.15, 0.2) is 18.1 Å². The molecule has 0 radical (unpaired) electrons. The topological polar surface area (TPSA) is 74.3 Å². The highest BCUT2D eigenvalue weighted by Gasteiger charge is 2.21. The number of esters is 1. The standard InChI is InChI=1S/C20H20ClNO6/c1-13(23)22(15-5-8-17-18(9-15)27-11-19(21)28-17)10-14-3-6-16(7-4-14)26-12-20(24)25-2/h3-9,19H,10-12H2,1-2H3. The van der Waals surface area contributed by atoms with Crippen LogP contribution in [0.1, 0.15) is 12.5 Å². The molecular weight excluding hydrogens is 386 g/mol. The molecule has 0 aliphatic carbocycles. The van der Waals surface area contributed by atoms with Crippen molar-refractivity contribution >= 4 is 29.2 Å². The number of benzene rings is 2. The molecule has 148 valence electrons. The van der Waals surface area contributed by atoms with Crippen molar-refractivity contribution in [2.45, 2.75) is 19.0 Å². The van der Waals surface area contributed by atoms with Crippen molar-refractivity contribution in [3.05, 3.63) is 48.0 Å². The molecule has 1 aliphatic rings. The number of hydrogen-bond acceptors (Lipinski definition) is 6. The van der Waals surface area contributed by atoms with Crippen molar-refractivity contribution in [2.24, 2.45) is 0 Å². The highest BCUT2D eigenvalue weighted by atomic mass is 35.5. The third-order valence-electron chi connectivity index (χ3n) is 4.09. The minimum absolute atomic E-state index is 0.113. The van der Waals surface area contributed by atoms with E-state index in [0.717, 1.165) is 5.56 Å². The van der Waals surface area contributed by atoms with Crippen molar-refractivity contribution in [3.63, 3.8) is 0 Å². The first-order valence-electron chi connectivity index (χ1n) is 8.60. The maximum Gasteiger partial charge on any atom is 0.343 e. The van der Waals surface area contributed by atoms with Gasteiger partial charge in [0, 0.05) is 18.7 Å². The summed E-state index contributed by atoms with van der Waals surface area (Å²) in [6.07, 6.45) is 0. The van der Waals surface area contributed by atoms with Gasteiger partial charge in [0.25, 0.3) is 0 Å². The van der Waals surface area contributed by atoms with E-state index in [1.807, 2.05) is 12.1 Å². The third kappa shape index (κ3) is 4.86. The Morgan fingerprint density at radius 1 is 1.18 bits per heavy atom. The molecule has 1 atom stereocenters. The van der Waals surface area contributed by atoms with Gasteiger partial charge in [-0.2, -0.15) is 0 Å². The van der Waals surface area contributed by atoms with Gasteiger partial charge in [-0.15, -0.1) is 0 Å². The average Bonchev–Trinajstić information content (AvgIpc) is 2.70. The number of halogens is 1. The molecule has 0 aromatic heterocycles. The highest BCUT2D eigenvalue weighted by molar-refractivity contribution is 6.20. The molecule has 1 unspecified atom stereocenters. The van der Waals surface area contributed by atoms with Crippen LogP contribution in [0.25, 0.3) is 0 Å². The minimum atomic E-state index is -0.526. The highest BCUT2D eigenvalue weighted by Crippen LogP contribution is 2.36. The van der Waals surface area contributed by atoms with Gasteiger partial charge in [0.2, 0.25) is 11.5 Å². The number of amides is 1. The van der Waals surface area contributed by atoms with Crippen molar-refractivity contribution < 1.29 is 28.5 Å². The Morgan fingerprint density at radius 3 is 2.61 bits per heavy atom. The van der Waals surface area contributed by atoms with E-state index >= 15 is 0 Å². The monoisotopic (exact) mass is 405 g/mol. The smallest absolute Gasteiger partial charge is 0.343 e. The van der Waals surface area contributed by atoms with Gasteiger partial charge < -0.3 is 23.8 Å². The van der Waals surface area contributed by atoms with E-state index in [1.54, 1.807) is 35.2 Å². The zero-order chi connectivity index (χ0) is 20.1. The fourth-order valence-corrected chi connectivity index (χ4v) is 2.82. The van der Waals surface area contributed by atoms with Gasteiger partial charge in [0.05, 0.1) is 13.7 Å². The maximum absolute atomic E-state index is 12.2. The Balaban J connectivity index is 1.71. The molecule has 0 saturated heterocycles. The maximum atomic E-state index is 12.2. The number of nitrogens with zero attached hydrogens (tertiary/aromatic N) is 1. The van der Waals surface area contributed by atoms with Crippen LogP contribution in [-0.2, 0) is 20.9 Å². The average molecular weight is 406 g/mol. The zero-order valence-corrected chi connectivity index (χ0v) is 16.3. The van der Waals surface area contributed by atoms with Crippen molar-refractivity contribution in [3.8, 4) is 17.2 Å². The summed E-state index contributed by atoms with van der Waals surface area (Å²) >= 11 is 5.92. The zero-order valence-electron chi connectivity index (χ0n) is 15.5. The normalized spacial score (nSPS) is 14.9. The van der Waals surface area contributed by atoms with Crippen LogP contribution in [0.4, 0.5) is 5.69 Å². The van der Waals surface area contributed by atoms with Crippen LogP contribution in [0.5, 0.6) is 17.2 Å². The third-order valence-corrected chi connectivity index (χ3v) is 4.31. The summed E-state index contributed by atoms with van der Waals surface area (Å²) in [7, 11) is 1.30. The van der Waals surface area contributed by atoms with Crippen LogP contribution in [0.2, 0.25) is 0 Å².